The summed E-state index contributed by atoms with van der Waals surface area (Å²) in [6.45, 7) is 9.36. The van der Waals surface area contributed by atoms with Gasteiger partial charge in [-0.1, -0.05) is 13.8 Å². The maximum absolute atomic E-state index is 4.75. The summed E-state index contributed by atoms with van der Waals surface area (Å²) >= 11 is 0. The Bertz CT molecular complexity index is 608. The second kappa shape index (κ2) is 7.16. The average Bonchev–Trinajstić information content (AvgIpc) is 2.47. The van der Waals surface area contributed by atoms with Gasteiger partial charge < -0.3 is 5.32 Å². The van der Waals surface area contributed by atoms with Crippen LogP contribution in [0.3, 0.4) is 0 Å². The van der Waals surface area contributed by atoms with Crippen molar-refractivity contribution in [2.75, 3.05) is 11.9 Å². The first-order chi connectivity index (χ1) is 10.2. The molecule has 2 aromatic heterocycles. The topological polar surface area (TPSA) is 50.7 Å². The number of pyridine rings is 1. The standard InChI is InChI=1S/C17H24N4/c1-5-7-15-20-16(14-9-12(3)10-18-11-14)13(4)17(21-15)19-8-6-2/h9-11H,5-8H2,1-4H3,(H,19,20,21). The molecule has 1 N–H and O–H groups in total. The molecule has 4 nitrogen and oxygen atoms in total. The molecule has 2 aromatic rings. The van der Waals surface area contributed by atoms with Crippen molar-refractivity contribution in [3.63, 3.8) is 0 Å². The van der Waals surface area contributed by atoms with Crippen molar-refractivity contribution < 1.29 is 0 Å². The van der Waals surface area contributed by atoms with Crippen LogP contribution in [-0.2, 0) is 6.42 Å². The third-order valence-electron chi connectivity index (χ3n) is 3.36. The van der Waals surface area contributed by atoms with E-state index in [1.807, 2.05) is 12.4 Å². The molecule has 0 radical (unpaired) electrons. The normalized spacial score (nSPS) is 10.7. The summed E-state index contributed by atoms with van der Waals surface area (Å²) in [6, 6.07) is 2.13. The van der Waals surface area contributed by atoms with E-state index in [9.17, 15) is 0 Å². The Balaban J connectivity index is 2.49. The van der Waals surface area contributed by atoms with Crippen LogP contribution in [0.25, 0.3) is 11.3 Å². The zero-order chi connectivity index (χ0) is 15.2. The summed E-state index contributed by atoms with van der Waals surface area (Å²) in [7, 11) is 0. The fourth-order valence-electron chi connectivity index (χ4n) is 2.28. The van der Waals surface area contributed by atoms with Gasteiger partial charge in [0.2, 0.25) is 0 Å². The fourth-order valence-corrected chi connectivity index (χ4v) is 2.28. The van der Waals surface area contributed by atoms with Crippen LogP contribution in [0.1, 0.15) is 43.6 Å². The van der Waals surface area contributed by atoms with Gasteiger partial charge >= 0.3 is 0 Å². The molecule has 2 heterocycles. The highest BCUT2D eigenvalue weighted by Crippen LogP contribution is 2.26. The molecule has 0 unspecified atom stereocenters. The first-order valence-electron chi connectivity index (χ1n) is 7.69. The lowest BCUT2D eigenvalue weighted by atomic mass is 10.1. The highest BCUT2D eigenvalue weighted by Gasteiger charge is 2.12. The molecule has 0 aliphatic heterocycles. The van der Waals surface area contributed by atoms with Gasteiger partial charge in [0.1, 0.15) is 11.6 Å². The monoisotopic (exact) mass is 284 g/mol. The number of nitrogens with zero attached hydrogens (tertiary/aromatic N) is 3. The van der Waals surface area contributed by atoms with Crippen molar-refractivity contribution in [3.05, 3.63) is 35.4 Å². The summed E-state index contributed by atoms with van der Waals surface area (Å²) in [5.74, 6) is 1.85. The van der Waals surface area contributed by atoms with Gasteiger partial charge in [0.25, 0.3) is 0 Å². The Morgan fingerprint density at radius 2 is 1.86 bits per heavy atom. The van der Waals surface area contributed by atoms with E-state index in [0.29, 0.717) is 0 Å². The molecule has 0 aliphatic carbocycles. The van der Waals surface area contributed by atoms with E-state index in [-0.39, 0.29) is 0 Å². The van der Waals surface area contributed by atoms with Gasteiger partial charge in [-0.2, -0.15) is 0 Å². The van der Waals surface area contributed by atoms with E-state index in [0.717, 1.165) is 59.8 Å². The maximum Gasteiger partial charge on any atom is 0.133 e. The number of hydrogen-bond donors (Lipinski definition) is 1. The Morgan fingerprint density at radius 3 is 2.52 bits per heavy atom. The van der Waals surface area contributed by atoms with Crippen molar-refractivity contribution >= 4 is 5.82 Å². The summed E-state index contributed by atoms with van der Waals surface area (Å²) in [4.78, 5) is 13.7. The average molecular weight is 284 g/mol. The lowest BCUT2D eigenvalue weighted by molar-refractivity contribution is 0.830. The first-order valence-corrected chi connectivity index (χ1v) is 7.69. The van der Waals surface area contributed by atoms with E-state index < -0.39 is 0 Å². The molecule has 21 heavy (non-hydrogen) atoms. The smallest absolute Gasteiger partial charge is 0.133 e. The van der Waals surface area contributed by atoms with Gasteiger partial charge in [-0.15, -0.1) is 0 Å². The quantitative estimate of drug-likeness (QED) is 0.873. The molecule has 0 atom stereocenters. The van der Waals surface area contributed by atoms with E-state index in [1.54, 1.807) is 0 Å². The van der Waals surface area contributed by atoms with Crippen molar-refractivity contribution in [2.45, 2.75) is 47.0 Å². The number of hydrogen-bond acceptors (Lipinski definition) is 4. The van der Waals surface area contributed by atoms with Crippen LogP contribution in [0.15, 0.2) is 18.5 Å². The zero-order valence-electron chi connectivity index (χ0n) is 13.4. The van der Waals surface area contributed by atoms with Crippen LogP contribution < -0.4 is 5.32 Å². The third-order valence-corrected chi connectivity index (χ3v) is 3.36. The van der Waals surface area contributed by atoms with Gasteiger partial charge in [0, 0.05) is 36.5 Å². The minimum Gasteiger partial charge on any atom is -0.370 e. The van der Waals surface area contributed by atoms with Crippen molar-refractivity contribution in [1.29, 1.82) is 0 Å². The van der Waals surface area contributed by atoms with E-state index >= 15 is 0 Å². The Kier molecular flexibility index (Phi) is 5.26. The second-order valence-electron chi connectivity index (χ2n) is 5.39. The van der Waals surface area contributed by atoms with Crippen LogP contribution in [-0.4, -0.2) is 21.5 Å². The molecule has 4 heteroatoms. The Labute approximate surface area is 127 Å². The highest BCUT2D eigenvalue weighted by molar-refractivity contribution is 5.68. The predicted octanol–water partition coefficient (Wildman–Crippen LogP) is 3.93. The molecule has 0 amide bonds. The molecular weight excluding hydrogens is 260 g/mol. The fraction of sp³-hybridized carbons (Fsp3) is 0.471. The maximum atomic E-state index is 4.75. The van der Waals surface area contributed by atoms with Crippen LogP contribution in [0.4, 0.5) is 5.82 Å². The largest absolute Gasteiger partial charge is 0.370 e. The van der Waals surface area contributed by atoms with Crippen molar-refractivity contribution in [3.8, 4) is 11.3 Å². The van der Waals surface area contributed by atoms with Gasteiger partial charge in [-0.3, -0.25) is 4.98 Å². The third kappa shape index (κ3) is 3.78. The molecular formula is C17H24N4. The summed E-state index contributed by atoms with van der Waals surface area (Å²) < 4.78 is 0. The SMILES string of the molecule is CCCNc1nc(CCC)nc(-c2cncc(C)c2)c1C. The summed E-state index contributed by atoms with van der Waals surface area (Å²) in [5.41, 5.74) is 4.29. The molecule has 0 fully saturated rings. The van der Waals surface area contributed by atoms with E-state index in [1.165, 1.54) is 0 Å². The first kappa shape index (κ1) is 15.4. The molecule has 0 aliphatic rings. The number of rotatable bonds is 6. The molecule has 2 rings (SSSR count). The number of aromatic nitrogens is 3. The number of aryl methyl sites for hydroxylation is 2. The summed E-state index contributed by atoms with van der Waals surface area (Å²) in [6.07, 6.45) is 6.76. The predicted molar refractivity (Wildman–Crippen MR) is 87.5 cm³/mol. The van der Waals surface area contributed by atoms with Crippen LogP contribution in [0.5, 0.6) is 0 Å². The molecule has 0 saturated heterocycles. The van der Waals surface area contributed by atoms with Gasteiger partial charge in [-0.05, 0) is 38.3 Å². The molecule has 0 spiro atoms. The minimum atomic E-state index is 0.896. The zero-order valence-corrected chi connectivity index (χ0v) is 13.4. The van der Waals surface area contributed by atoms with Gasteiger partial charge in [-0.25, -0.2) is 9.97 Å². The molecule has 0 saturated carbocycles. The molecule has 0 aromatic carbocycles. The van der Waals surface area contributed by atoms with Gasteiger partial charge in [0.15, 0.2) is 0 Å². The van der Waals surface area contributed by atoms with E-state index in [2.05, 4.69) is 49.0 Å². The minimum absolute atomic E-state index is 0.896. The Hall–Kier alpha value is -1.97. The van der Waals surface area contributed by atoms with E-state index in [4.69, 9.17) is 4.98 Å². The lowest BCUT2D eigenvalue weighted by Gasteiger charge is -2.14. The molecule has 0 bridgehead atoms. The van der Waals surface area contributed by atoms with Crippen LogP contribution in [0.2, 0.25) is 0 Å². The van der Waals surface area contributed by atoms with Crippen molar-refractivity contribution in [1.82, 2.24) is 15.0 Å². The lowest BCUT2D eigenvalue weighted by Crippen LogP contribution is -2.09. The second-order valence-corrected chi connectivity index (χ2v) is 5.39. The summed E-state index contributed by atoms with van der Waals surface area (Å²) in [5, 5.41) is 3.41. The number of nitrogens with one attached hydrogen (secondary N) is 1. The number of anilines is 1. The molecule has 112 valence electrons. The van der Waals surface area contributed by atoms with Crippen LogP contribution in [0, 0.1) is 13.8 Å². The highest BCUT2D eigenvalue weighted by atomic mass is 15.0. The van der Waals surface area contributed by atoms with Crippen molar-refractivity contribution in [2.24, 2.45) is 0 Å². The van der Waals surface area contributed by atoms with Crippen LogP contribution >= 0.6 is 0 Å². The Morgan fingerprint density at radius 1 is 1.05 bits per heavy atom. The van der Waals surface area contributed by atoms with Gasteiger partial charge in [0.05, 0.1) is 5.69 Å².